The van der Waals surface area contributed by atoms with Crippen molar-refractivity contribution in [1.29, 1.82) is 0 Å². The van der Waals surface area contributed by atoms with Crippen LogP contribution in [0.5, 0.6) is 0 Å². The van der Waals surface area contributed by atoms with Gasteiger partial charge in [0.1, 0.15) is 11.6 Å². The molecular formula is C10H5BrCl2FN3. The summed E-state index contributed by atoms with van der Waals surface area (Å²) in [5.74, 6) is 0.0485. The molecule has 0 amide bonds. The van der Waals surface area contributed by atoms with Gasteiger partial charge in [-0.25, -0.2) is 14.4 Å². The molecule has 2 rings (SSSR count). The summed E-state index contributed by atoms with van der Waals surface area (Å²) in [6.45, 7) is 0. The number of anilines is 2. The largest absolute Gasteiger partial charge is 0.338 e. The number of rotatable bonds is 2. The molecule has 0 aliphatic rings. The maximum atomic E-state index is 13.0. The highest BCUT2D eigenvalue weighted by Crippen LogP contribution is 2.33. The van der Waals surface area contributed by atoms with Crippen LogP contribution in [-0.2, 0) is 0 Å². The van der Waals surface area contributed by atoms with Gasteiger partial charge < -0.3 is 5.32 Å². The third-order valence-corrected chi connectivity index (χ3v) is 2.99. The first-order valence-corrected chi connectivity index (χ1v) is 6.01. The van der Waals surface area contributed by atoms with E-state index in [1.807, 2.05) is 0 Å². The van der Waals surface area contributed by atoms with Crippen LogP contribution in [0.1, 0.15) is 0 Å². The molecule has 0 saturated heterocycles. The molecule has 1 N–H and O–H groups in total. The molecule has 0 aliphatic heterocycles. The fourth-order valence-corrected chi connectivity index (χ4v) is 2.24. The van der Waals surface area contributed by atoms with Gasteiger partial charge in [-0.1, -0.05) is 11.6 Å². The van der Waals surface area contributed by atoms with Gasteiger partial charge in [-0.3, -0.25) is 0 Å². The first kappa shape index (κ1) is 12.5. The molecule has 1 aromatic heterocycles. The molecule has 0 unspecified atom stereocenters. The van der Waals surface area contributed by atoms with Crippen molar-refractivity contribution < 1.29 is 4.39 Å². The fraction of sp³-hybridized carbons (Fsp3) is 0. The average Bonchev–Trinajstić information content (AvgIpc) is 2.23. The summed E-state index contributed by atoms with van der Waals surface area (Å²) >= 11 is 14.8. The van der Waals surface area contributed by atoms with Gasteiger partial charge >= 0.3 is 0 Å². The lowest BCUT2D eigenvalue weighted by Gasteiger charge is -2.09. The van der Waals surface area contributed by atoms with Crippen molar-refractivity contribution in [2.24, 2.45) is 0 Å². The van der Waals surface area contributed by atoms with Crippen molar-refractivity contribution in [3.63, 3.8) is 0 Å². The Morgan fingerprint density at radius 1 is 1.29 bits per heavy atom. The number of hydrogen-bond acceptors (Lipinski definition) is 3. The Balaban J connectivity index is 2.36. The van der Waals surface area contributed by atoms with Crippen LogP contribution in [0, 0.1) is 5.82 Å². The van der Waals surface area contributed by atoms with E-state index >= 15 is 0 Å². The molecule has 0 bridgehead atoms. The maximum Gasteiger partial charge on any atom is 0.224 e. The van der Waals surface area contributed by atoms with E-state index in [2.05, 4.69) is 31.2 Å². The van der Waals surface area contributed by atoms with Crippen molar-refractivity contribution in [3.05, 3.63) is 45.0 Å². The second-order valence-electron chi connectivity index (χ2n) is 3.08. The van der Waals surface area contributed by atoms with Crippen LogP contribution in [0.3, 0.4) is 0 Å². The van der Waals surface area contributed by atoms with E-state index < -0.39 is 5.82 Å². The van der Waals surface area contributed by atoms with E-state index in [0.29, 0.717) is 16.0 Å². The van der Waals surface area contributed by atoms with Crippen molar-refractivity contribution in [1.82, 2.24) is 9.97 Å². The van der Waals surface area contributed by atoms with Crippen LogP contribution < -0.4 is 5.32 Å². The summed E-state index contributed by atoms with van der Waals surface area (Å²) in [6.07, 6.45) is 1.50. The molecule has 2 aromatic rings. The van der Waals surface area contributed by atoms with Crippen LogP contribution in [0.2, 0.25) is 10.3 Å². The highest BCUT2D eigenvalue weighted by atomic mass is 79.9. The molecule has 7 heteroatoms. The number of benzene rings is 1. The summed E-state index contributed by atoms with van der Waals surface area (Å²) in [5.41, 5.74) is 0.517. The van der Waals surface area contributed by atoms with Crippen LogP contribution in [0.4, 0.5) is 15.9 Å². The summed E-state index contributed by atoms with van der Waals surface area (Å²) < 4.78 is 13.5. The molecule has 0 fully saturated rings. The Bertz CT molecular complexity index is 542. The number of hydrogen-bond donors (Lipinski definition) is 1. The number of aromatic nitrogens is 2. The second-order valence-corrected chi connectivity index (χ2v) is 4.68. The summed E-state index contributed by atoms with van der Waals surface area (Å²) in [6, 6.07) is 4.13. The van der Waals surface area contributed by atoms with E-state index in [0.717, 1.165) is 0 Å². The smallest absolute Gasteiger partial charge is 0.224 e. The molecule has 0 radical (unpaired) electrons. The summed E-state index contributed by atoms with van der Waals surface area (Å²) in [7, 11) is 0. The topological polar surface area (TPSA) is 37.8 Å². The summed E-state index contributed by atoms with van der Waals surface area (Å²) in [5, 5.41) is 3.28. The molecule has 0 spiro atoms. The SMILES string of the molecule is Fc1cc(Cl)c(Nc2ccnc(Cl)n2)c(Br)c1. The molecule has 3 nitrogen and oxygen atoms in total. The van der Waals surface area contributed by atoms with Crippen molar-refractivity contribution >= 4 is 50.6 Å². The first-order valence-electron chi connectivity index (χ1n) is 4.46. The van der Waals surface area contributed by atoms with E-state index in [4.69, 9.17) is 23.2 Å². The zero-order valence-corrected chi connectivity index (χ0v) is 11.3. The molecule has 0 atom stereocenters. The predicted octanol–water partition coefficient (Wildman–Crippen LogP) is 4.43. The first-order chi connectivity index (χ1) is 8.06. The Hall–Kier alpha value is -0.910. The van der Waals surface area contributed by atoms with Gasteiger partial charge in [0.05, 0.1) is 10.7 Å². The minimum absolute atomic E-state index is 0.115. The van der Waals surface area contributed by atoms with Gasteiger partial charge in [-0.2, -0.15) is 0 Å². The minimum atomic E-state index is -0.423. The highest BCUT2D eigenvalue weighted by Gasteiger charge is 2.09. The molecule has 17 heavy (non-hydrogen) atoms. The van der Waals surface area contributed by atoms with Crippen molar-refractivity contribution in [2.75, 3.05) is 5.32 Å². The zero-order chi connectivity index (χ0) is 12.4. The fourth-order valence-electron chi connectivity index (χ4n) is 1.19. The molecule has 88 valence electrons. The van der Waals surface area contributed by atoms with Gasteiger partial charge in [-0.15, -0.1) is 0 Å². The van der Waals surface area contributed by atoms with E-state index in [-0.39, 0.29) is 10.3 Å². The van der Waals surface area contributed by atoms with Crippen LogP contribution >= 0.6 is 39.1 Å². The van der Waals surface area contributed by atoms with Crippen LogP contribution in [0.25, 0.3) is 0 Å². The number of nitrogens with zero attached hydrogens (tertiary/aromatic N) is 2. The Morgan fingerprint density at radius 3 is 2.71 bits per heavy atom. The Kier molecular flexibility index (Phi) is 3.81. The molecular weight excluding hydrogens is 332 g/mol. The number of halogens is 4. The van der Waals surface area contributed by atoms with Gasteiger partial charge in [0.2, 0.25) is 5.28 Å². The minimum Gasteiger partial charge on any atom is -0.338 e. The third kappa shape index (κ3) is 3.06. The summed E-state index contributed by atoms with van der Waals surface area (Å²) in [4.78, 5) is 7.69. The average molecular weight is 337 g/mol. The van der Waals surface area contributed by atoms with Crippen LogP contribution in [-0.4, -0.2) is 9.97 Å². The molecule has 1 heterocycles. The van der Waals surface area contributed by atoms with Gasteiger partial charge in [0.15, 0.2) is 0 Å². The van der Waals surface area contributed by atoms with Crippen LogP contribution in [0.15, 0.2) is 28.9 Å². The molecule has 0 saturated carbocycles. The highest BCUT2D eigenvalue weighted by molar-refractivity contribution is 9.10. The Morgan fingerprint density at radius 2 is 2.06 bits per heavy atom. The third-order valence-electron chi connectivity index (χ3n) is 1.89. The molecule has 0 aliphatic carbocycles. The van der Waals surface area contributed by atoms with Crippen molar-refractivity contribution in [3.8, 4) is 0 Å². The monoisotopic (exact) mass is 335 g/mol. The lowest BCUT2D eigenvalue weighted by atomic mass is 10.3. The van der Waals surface area contributed by atoms with Gasteiger partial charge in [0, 0.05) is 10.7 Å². The van der Waals surface area contributed by atoms with E-state index in [1.54, 1.807) is 6.07 Å². The zero-order valence-electron chi connectivity index (χ0n) is 8.22. The predicted molar refractivity (Wildman–Crippen MR) is 69.4 cm³/mol. The van der Waals surface area contributed by atoms with E-state index in [1.165, 1.54) is 18.3 Å². The lowest BCUT2D eigenvalue weighted by Crippen LogP contribution is -1.97. The molecule has 1 aromatic carbocycles. The normalized spacial score (nSPS) is 10.4. The van der Waals surface area contributed by atoms with Crippen molar-refractivity contribution in [2.45, 2.75) is 0 Å². The van der Waals surface area contributed by atoms with Gasteiger partial charge in [0.25, 0.3) is 0 Å². The second kappa shape index (κ2) is 5.16. The maximum absolute atomic E-state index is 13.0. The number of nitrogens with one attached hydrogen (secondary N) is 1. The van der Waals surface area contributed by atoms with Gasteiger partial charge in [-0.05, 0) is 45.7 Å². The standard InChI is InChI=1S/C10H5BrCl2FN3/c11-6-3-5(14)4-7(12)9(6)16-8-1-2-15-10(13)17-8/h1-4H,(H,15,16,17). The quantitative estimate of drug-likeness (QED) is 0.824. The Labute approximate surface area is 115 Å². The van der Waals surface area contributed by atoms with E-state index in [9.17, 15) is 4.39 Å². The lowest BCUT2D eigenvalue weighted by molar-refractivity contribution is 0.627.